The average molecular weight is 318 g/mol. The lowest BCUT2D eigenvalue weighted by atomic mass is 10.2. The number of benzene rings is 1. The second-order valence-electron chi connectivity index (χ2n) is 3.74. The van der Waals surface area contributed by atoms with Crippen LogP contribution in [0.1, 0.15) is 12.5 Å². The van der Waals surface area contributed by atoms with Gasteiger partial charge in [-0.05, 0) is 24.6 Å². The molecule has 2 N–H and O–H groups in total. The van der Waals surface area contributed by atoms with E-state index in [4.69, 9.17) is 14.6 Å². The molecule has 0 aliphatic carbocycles. The highest BCUT2D eigenvalue weighted by atomic mass is 79.9. The molecule has 0 fully saturated rings. The van der Waals surface area contributed by atoms with Gasteiger partial charge in [0.25, 0.3) is 0 Å². The van der Waals surface area contributed by atoms with Crippen molar-refractivity contribution in [2.75, 3.05) is 14.2 Å². The summed E-state index contributed by atoms with van der Waals surface area (Å²) in [6.45, 7) is 2.02. The van der Waals surface area contributed by atoms with Gasteiger partial charge < -0.3 is 19.9 Å². The van der Waals surface area contributed by atoms with Crippen LogP contribution in [0, 0.1) is 0 Å². The van der Waals surface area contributed by atoms with Crippen LogP contribution in [0.4, 0.5) is 0 Å². The van der Waals surface area contributed by atoms with Crippen LogP contribution in [0.15, 0.2) is 16.6 Å². The molecule has 0 heterocycles. The van der Waals surface area contributed by atoms with E-state index in [1.54, 1.807) is 27.2 Å². The summed E-state index contributed by atoms with van der Waals surface area (Å²) in [6.07, 6.45) is 0. The van der Waals surface area contributed by atoms with Gasteiger partial charge >= 0.3 is 5.97 Å². The lowest BCUT2D eigenvalue weighted by Crippen LogP contribution is -2.33. The van der Waals surface area contributed by atoms with Crippen LogP contribution in [0.5, 0.6) is 11.5 Å². The van der Waals surface area contributed by atoms with E-state index >= 15 is 0 Å². The molecule has 100 valence electrons. The molecule has 5 nitrogen and oxygen atoms in total. The number of nitrogens with one attached hydrogen (secondary N) is 1. The summed E-state index contributed by atoms with van der Waals surface area (Å²) < 4.78 is 11.2. The Hall–Kier alpha value is -1.27. The fraction of sp³-hybridized carbons (Fsp3) is 0.417. The SMILES string of the molecule is COc1cc(Br)c(CN[C@@H](C)C(=O)O)cc1OC. The number of ether oxygens (including phenoxy) is 2. The Morgan fingerprint density at radius 3 is 2.44 bits per heavy atom. The third kappa shape index (κ3) is 3.61. The zero-order chi connectivity index (χ0) is 13.7. The fourth-order valence-electron chi connectivity index (χ4n) is 1.38. The van der Waals surface area contributed by atoms with E-state index in [1.807, 2.05) is 6.07 Å². The van der Waals surface area contributed by atoms with Crippen molar-refractivity contribution in [2.45, 2.75) is 19.5 Å². The van der Waals surface area contributed by atoms with E-state index in [1.165, 1.54) is 0 Å². The molecule has 0 amide bonds. The maximum atomic E-state index is 10.7. The van der Waals surface area contributed by atoms with Gasteiger partial charge in [-0.3, -0.25) is 4.79 Å². The van der Waals surface area contributed by atoms with Gasteiger partial charge in [0.05, 0.1) is 14.2 Å². The Balaban J connectivity index is 2.86. The largest absolute Gasteiger partial charge is 0.493 e. The molecule has 18 heavy (non-hydrogen) atoms. The average Bonchev–Trinajstić information content (AvgIpc) is 2.36. The first kappa shape index (κ1) is 14.8. The Morgan fingerprint density at radius 1 is 1.39 bits per heavy atom. The maximum Gasteiger partial charge on any atom is 0.320 e. The molecule has 6 heteroatoms. The third-order valence-electron chi connectivity index (χ3n) is 2.52. The Bertz CT molecular complexity index is 436. The van der Waals surface area contributed by atoms with Gasteiger partial charge in [-0.1, -0.05) is 15.9 Å². The normalized spacial score (nSPS) is 12.0. The molecule has 1 rings (SSSR count). The number of carbonyl (C=O) groups is 1. The molecule has 0 radical (unpaired) electrons. The molecule has 0 aromatic heterocycles. The van der Waals surface area contributed by atoms with E-state index in [9.17, 15) is 4.79 Å². The van der Waals surface area contributed by atoms with Crippen LogP contribution in [0.3, 0.4) is 0 Å². The second-order valence-corrected chi connectivity index (χ2v) is 4.59. The van der Waals surface area contributed by atoms with Crippen molar-refractivity contribution in [2.24, 2.45) is 0 Å². The van der Waals surface area contributed by atoms with Gasteiger partial charge in [-0.2, -0.15) is 0 Å². The first-order valence-electron chi connectivity index (χ1n) is 5.36. The second kappa shape index (κ2) is 6.61. The number of hydrogen-bond donors (Lipinski definition) is 2. The van der Waals surface area contributed by atoms with Crippen LogP contribution >= 0.6 is 15.9 Å². The summed E-state index contributed by atoms with van der Waals surface area (Å²) in [4.78, 5) is 10.7. The molecular formula is C12H16BrNO4. The van der Waals surface area contributed by atoms with Crippen molar-refractivity contribution in [3.8, 4) is 11.5 Å². The molecule has 0 saturated heterocycles. The number of methoxy groups -OCH3 is 2. The lowest BCUT2D eigenvalue weighted by molar-refractivity contribution is -0.139. The zero-order valence-electron chi connectivity index (χ0n) is 10.5. The van der Waals surface area contributed by atoms with E-state index in [0.717, 1.165) is 10.0 Å². The molecule has 0 bridgehead atoms. The molecule has 0 spiro atoms. The van der Waals surface area contributed by atoms with Crippen LogP contribution in [0.25, 0.3) is 0 Å². The zero-order valence-corrected chi connectivity index (χ0v) is 12.1. The van der Waals surface area contributed by atoms with Gasteiger partial charge in [0.1, 0.15) is 6.04 Å². The van der Waals surface area contributed by atoms with E-state index in [2.05, 4.69) is 21.2 Å². The Morgan fingerprint density at radius 2 is 1.94 bits per heavy atom. The number of carboxylic acids is 1. The minimum atomic E-state index is -0.883. The van der Waals surface area contributed by atoms with Gasteiger partial charge in [0.15, 0.2) is 11.5 Å². The lowest BCUT2D eigenvalue weighted by Gasteiger charge is -2.14. The standard InChI is InChI=1S/C12H16BrNO4/c1-7(12(15)16)14-6-8-4-10(17-2)11(18-3)5-9(8)13/h4-5,7,14H,6H2,1-3H3,(H,15,16)/t7-/m0/s1. The number of rotatable bonds is 6. The van der Waals surface area contributed by atoms with Crippen molar-refractivity contribution in [3.63, 3.8) is 0 Å². The first-order valence-corrected chi connectivity index (χ1v) is 6.15. The van der Waals surface area contributed by atoms with Crippen molar-refractivity contribution in [1.82, 2.24) is 5.32 Å². The maximum absolute atomic E-state index is 10.7. The van der Waals surface area contributed by atoms with Crippen molar-refractivity contribution < 1.29 is 19.4 Å². The predicted molar refractivity (Wildman–Crippen MR) is 71.2 cm³/mol. The van der Waals surface area contributed by atoms with E-state index in [-0.39, 0.29) is 0 Å². The van der Waals surface area contributed by atoms with Gasteiger partial charge in [0.2, 0.25) is 0 Å². The van der Waals surface area contributed by atoms with Gasteiger partial charge in [-0.15, -0.1) is 0 Å². The molecule has 0 unspecified atom stereocenters. The van der Waals surface area contributed by atoms with Crippen molar-refractivity contribution in [1.29, 1.82) is 0 Å². The Kier molecular flexibility index (Phi) is 5.43. The van der Waals surface area contributed by atoms with E-state index in [0.29, 0.717) is 18.0 Å². The highest BCUT2D eigenvalue weighted by molar-refractivity contribution is 9.10. The smallest absolute Gasteiger partial charge is 0.320 e. The minimum Gasteiger partial charge on any atom is -0.493 e. The van der Waals surface area contributed by atoms with E-state index < -0.39 is 12.0 Å². The van der Waals surface area contributed by atoms with Gasteiger partial charge in [-0.25, -0.2) is 0 Å². The fourth-order valence-corrected chi connectivity index (χ4v) is 1.84. The Labute approximate surface area is 114 Å². The number of carboxylic acid groups (broad SMARTS) is 1. The minimum absolute atomic E-state index is 0.425. The molecule has 0 aliphatic heterocycles. The van der Waals surface area contributed by atoms with Crippen LogP contribution in [-0.2, 0) is 11.3 Å². The topological polar surface area (TPSA) is 67.8 Å². The summed E-state index contributed by atoms with van der Waals surface area (Å²) >= 11 is 3.42. The third-order valence-corrected chi connectivity index (χ3v) is 3.26. The predicted octanol–water partition coefficient (Wildman–Crippen LogP) is 2.03. The van der Waals surface area contributed by atoms with Gasteiger partial charge in [0, 0.05) is 11.0 Å². The summed E-state index contributed by atoms with van der Waals surface area (Å²) in [5.41, 5.74) is 0.903. The summed E-state index contributed by atoms with van der Waals surface area (Å²) in [6, 6.07) is 3.00. The van der Waals surface area contributed by atoms with Crippen LogP contribution in [-0.4, -0.2) is 31.3 Å². The molecule has 0 saturated carbocycles. The molecule has 1 aromatic rings. The van der Waals surface area contributed by atoms with Crippen molar-refractivity contribution in [3.05, 3.63) is 22.2 Å². The summed E-state index contributed by atoms with van der Waals surface area (Å²) in [7, 11) is 3.12. The number of hydrogen-bond acceptors (Lipinski definition) is 4. The quantitative estimate of drug-likeness (QED) is 0.840. The highest BCUT2D eigenvalue weighted by Crippen LogP contribution is 2.33. The molecule has 1 atom stereocenters. The van der Waals surface area contributed by atoms with Crippen molar-refractivity contribution >= 4 is 21.9 Å². The first-order chi connectivity index (χ1) is 8.49. The van der Waals surface area contributed by atoms with Crippen LogP contribution < -0.4 is 14.8 Å². The monoisotopic (exact) mass is 317 g/mol. The molecule has 0 aliphatic rings. The number of halogens is 1. The molecular weight excluding hydrogens is 302 g/mol. The number of aliphatic carboxylic acids is 1. The molecule has 1 aromatic carbocycles. The summed E-state index contributed by atoms with van der Waals surface area (Å²) in [5.74, 6) is 0.353. The highest BCUT2D eigenvalue weighted by Gasteiger charge is 2.13. The summed E-state index contributed by atoms with van der Waals surface area (Å²) in [5, 5.41) is 11.7. The van der Waals surface area contributed by atoms with Crippen LogP contribution in [0.2, 0.25) is 0 Å².